The maximum atomic E-state index is 12.9. The number of rotatable bonds is 0. The summed E-state index contributed by atoms with van der Waals surface area (Å²) in [6.07, 6.45) is 9.29. The average Bonchev–Trinajstić information content (AvgIpc) is 3.18. The number of azo groups is 1. The smallest absolute Gasteiger partial charge is 0.240 e. The Balaban J connectivity index is 1.88. The highest BCUT2D eigenvalue weighted by molar-refractivity contribution is 6.19. The van der Waals surface area contributed by atoms with Crippen LogP contribution in [0.4, 0.5) is 5.69 Å². The first kappa shape index (κ1) is 11.6. The minimum atomic E-state index is -1.21. The van der Waals surface area contributed by atoms with Gasteiger partial charge in [-0.1, -0.05) is 6.08 Å². The van der Waals surface area contributed by atoms with Crippen LogP contribution in [0.2, 0.25) is 0 Å². The van der Waals surface area contributed by atoms with E-state index in [1.54, 1.807) is 12.2 Å². The molecule has 0 aromatic carbocycles. The number of aliphatic imine (C=N–C) groups is 1. The first-order valence-corrected chi connectivity index (χ1v) is 6.73. The van der Waals surface area contributed by atoms with Gasteiger partial charge in [-0.15, -0.1) is 5.11 Å². The first-order valence-electron chi connectivity index (χ1n) is 6.73. The Bertz CT molecular complexity index is 915. The molecular formula is C15H8N4O3. The number of nitrogens with zero attached hydrogens (tertiary/aromatic N) is 3. The molecule has 7 heteroatoms. The van der Waals surface area contributed by atoms with Crippen molar-refractivity contribution in [3.8, 4) is 0 Å². The zero-order chi connectivity index (χ0) is 14.9. The van der Waals surface area contributed by atoms with Crippen molar-refractivity contribution in [2.75, 3.05) is 0 Å². The molecule has 2 atom stereocenters. The highest BCUT2D eigenvalue weighted by Crippen LogP contribution is 2.54. The van der Waals surface area contributed by atoms with Crippen molar-refractivity contribution in [3.63, 3.8) is 0 Å². The van der Waals surface area contributed by atoms with E-state index in [2.05, 4.69) is 20.5 Å². The standard InChI is InChI=1S/C15H8N4O3/c20-11-3-1-2-9-12(11)15(14(21)18-9)7-4-16-19-13(7)17-10-6-22-5-8(10)15/h1-6,12H,(H,18,21). The predicted molar refractivity (Wildman–Crippen MR) is 74.3 cm³/mol. The summed E-state index contributed by atoms with van der Waals surface area (Å²) in [7, 11) is 0. The molecule has 22 heavy (non-hydrogen) atoms. The Morgan fingerprint density at radius 3 is 3.09 bits per heavy atom. The number of hydrogen-bond donors (Lipinski definition) is 1. The Morgan fingerprint density at radius 2 is 2.18 bits per heavy atom. The molecule has 4 aliphatic rings. The molecule has 1 aliphatic carbocycles. The van der Waals surface area contributed by atoms with Gasteiger partial charge in [-0.05, 0) is 12.2 Å². The molecule has 1 saturated heterocycles. The third kappa shape index (κ3) is 1.08. The van der Waals surface area contributed by atoms with Gasteiger partial charge in [-0.3, -0.25) is 9.59 Å². The normalized spacial score (nSPS) is 30.5. The largest absolute Gasteiger partial charge is 0.470 e. The molecule has 1 spiro atoms. The number of nitrogens with one attached hydrogen (secondary N) is 1. The molecule has 1 fully saturated rings. The van der Waals surface area contributed by atoms with Crippen molar-refractivity contribution in [3.05, 3.63) is 53.8 Å². The van der Waals surface area contributed by atoms with Crippen LogP contribution < -0.4 is 5.32 Å². The topological polar surface area (TPSA) is 96.4 Å². The van der Waals surface area contributed by atoms with E-state index in [0.717, 1.165) is 0 Å². The van der Waals surface area contributed by atoms with E-state index >= 15 is 0 Å². The molecule has 1 aromatic heterocycles. The molecule has 1 N–H and O–H groups in total. The van der Waals surface area contributed by atoms with Gasteiger partial charge in [-0.25, -0.2) is 4.99 Å². The maximum Gasteiger partial charge on any atom is 0.240 e. The second kappa shape index (κ2) is 3.56. The zero-order valence-electron chi connectivity index (χ0n) is 11.1. The van der Waals surface area contributed by atoms with E-state index in [-0.39, 0.29) is 11.7 Å². The second-order valence-corrected chi connectivity index (χ2v) is 5.44. The summed E-state index contributed by atoms with van der Waals surface area (Å²) in [5.74, 6) is -0.735. The molecule has 7 nitrogen and oxygen atoms in total. The lowest BCUT2D eigenvalue weighted by Gasteiger charge is -2.34. The van der Waals surface area contributed by atoms with E-state index in [1.165, 1.54) is 24.8 Å². The Labute approximate surface area is 123 Å². The molecule has 0 radical (unpaired) electrons. The van der Waals surface area contributed by atoms with E-state index in [4.69, 9.17) is 4.42 Å². The van der Waals surface area contributed by atoms with Crippen LogP contribution in [-0.4, -0.2) is 17.5 Å². The molecular weight excluding hydrogens is 284 g/mol. The van der Waals surface area contributed by atoms with Crippen molar-refractivity contribution in [1.29, 1.82) is 0 Å². The van der Waals surface area contributed by atoms with Gasteiger partial charge in [0.15, 0.2) is 11.6 Å². The molecule has 2 unspecified atom stereocenters. The molecule has 1 amide bonds. The number of allylic oxidation sites excluding steroid dienone is 4. The van der Waals surface area contributed by atoms with Crippen LogP contribution in [0.5, 0.6) is 0 Å². The molecule has 0 saturated carbocycles. The van der Waals surface area contributed by atoms with Gasteiger partial charge < -0.3 is 9.73 Å². The van der Waals surface area contributed by atoms with Gasteiger partial charge in [0.25, 0.3) is 0 Å². The summed E-state index contributed by atoms with van der Waals surface area (Å²) >= 11 is 0. The van der Waals surface area contributed by atoms with Gasteiger partial charge in [0.2, 0.25) is 5.91 Å². The lowest BCUT2D eigenvalue weighted by atomic mass is 9.63. The van der Waals surface area contributed by atoms with Crippen molar-refractivity contribution >= 4 is 23.2 Å². The van der Waals surface area contributed by atoms with Gasteiger partial charge >= 0.3 is 0 Å². The number of carbonyl (C=O) groups excluding carboxylic acids is 2. The summed E-state index contributed by atoms with van der Waals surface area (Å²) in [5.41, 5.74) is 0.988. The predicted octanol–water partition coefficient (Wildman–Crippen LogP) is 1.68. The number of ketones is 1. The monoisotopic (exact) mass is 292 g/mol. The lowest BCUT2D eigenvalue weighted by molar-refractivity contribution is -0.126. The van der Waals surface area contributed by atoms with E-state index in [0.29, 0.717) is 28.4 Å². The van der Waals surface area contributed by atoms with Gasteiger partial charge in [-0.2, -0.15) is 5.11 Å². The molecule has 4 heterocycles. The second-order valence-electron chi connectivity index (χ2n) is 5.44. The molecule has 5 rings (SSSR count). The number of amidine groups is 1. The number of fused-ring (bicyclic) bond motifs is 6. The fraction of sp³-hybridized carbons (Fsp3) is 0.133. The summed E-state index contributed by atoms with van der Waals surface area (Å²) in [6, 6.07) is 0. The molecule has 1 aromatic rings. The maximum absolute atomic E-state index is 12.9. The van der Waals surface area contributed by atoms with Crippen molar-refractivity contribution in [2.45, 2.75) is 5.41 Å². The number of amides is 1. The van der Waals surface area contributed by atoms with Crippen LogP contribution in [0.1, 0.15) is 5.56 Å². The summed E-state index contributed by atoms with van der Waals surface area (Å²) < 4.78 is 5.25. The van der Waals surface area contributed by atoms with Crippen molar-refractivity contribution in [2.24, 2.45) is 21.1 Å². The third-order valence-corrected chi connectivity index (χ3v) is 4.48. The van der Waals surface area contributed by atoms with Gasteiger partial charge in [0.05, 0.1) is 18.4 Å². The fourth-order valence-corrected chi connectivity index (χ4v) is 3.61. The average molecular weight is 292 g/mol. The summed E-state index contributed by atoms with van der Waals surface area (Å²) in [5, 5.41) is 10.7. The minimum absolute atomic E-state index is 0.142. The van der Waals surface area contributed by atoms with Crippen LogP contribution in [0, 0.1) is 5.92 Å². The fourth-order valence-electron chi connectivity index (χ4n) is 3.61. The highest BCUT2D eigenvalue weighted by atomic mass is 16.3. The van der Waals surface area contributed by atoms with Crippen molar-refractivity contribution < 1.29 is 14.0 Å². The molecule has 106 valence electrons. The Morgan fingerprint density at radius 1 is 1.27 bits per heavy atom. The van der Waals surface area contributed by atoms with Crippen LogP contribution >= 0.6 is 0 Å². The van der Waals surface area contributed by atoms with Crippen LogP contribution in [0.3, 0.4) is 0 Å². The van der Waals surface area contributed by atoms with Crippen LogP contribution in [-0.2, 0) is 15.0 Å². The quantitative estimate of drug-likeness (QED) is 0.787. The number of furan rings is 1. The SMILES string of the molecule is O=C1C=CC=C2NC(=O)C3(C4=CN=NC4=Nc4cocc43)C12. The van der Waals surface area contributed by atoms with E-state index in [9.17, 15) is 9.59 Å². The van der Waals surface area contributed by atoms with Crippen LogP contribution in [0.15, 0.2) is 67.9 Å². The van der Waals surface area contributed by atoms with Crippen LogP contribution in [0.25, 0.3) is 0 Å². The number of hydrogen-bond acceptors (Lipinski definition) is 6. The first-order chi connectivity index (χ1) is 10.7. The highest BCUT2D eigenvalue weighted by Gasteiger charge is 2.63. The third-order valence-electron chi connectivity index (χ3n) is 4.48. The van der Waals surface area contributed by atoms with Gasteiger partial charge in [0.1, 0.15) is 17.4 Å². The van der Waals surface area contributed by atoms with Gasteiger partial charge in [0, 0.05) is 16.8 Å². The summed E-state index contributed by atoms with van der Waals surface area (Å²) in [6.45, 7) is 0. The van der Waals surface area contributed by atoms with E-state index < -0.39 is 11.3 Å². The zero-order valence-corrected chi connectivity index (χ0v) is 11.1. The Kier molecular flexibility index (Phi) is 1.87. The van der Waals surface area contributed by atoms with Crippen molar-refractivity contribution in [1.82, 2.24) is 5.32 Å². The molecule has 0 bridgehead atoms. The lowest BCUT2D eigenvalue weighted by Crippen LogP contribution is -2.46. The number of carbonyl (C=O) groups is 2. The molecule has 3 aliphatic heterocycles. The minimum Gasteiger partial charge on any atom is -0.470 e. The van der Waals surface area contributed by atoms with E-state index in [1.807, 2.05) is 0 Å². The summed E-state index contributed by atoms with van der Waals surface area (Å²) in [4.78, 5) is 29.8. The Hall–Kier alpha value is -3.09.